The van der Waals surface area contributed by atoms with Crippen LogP contribution in [0.3, 0.4) is 0 Å². The van der Waals surface area contributed by atoms with Crippen molar-refractivity contribution in [2.24, 2.45) is 0 Å². The highest BCUT2D eigenvalue weighted by Gasteiger charge is 2.22. The summed E-state index contributed by atoms with van der Waals surface area (Å²) in [6.45, 7) is 0. The number of hydrogen-bond donors (Lipinski definition) is 2. The molecule has 0 aliphatic carbocycles. The van der Waals surface area contributed by atoms with Crippen LogP contribution in [0, 0.1) is 10.1 Å². The maximum absolute atomic E-state index is 12.0. The van der Waals surface area contributed by atoms with Crippen molar-refractivity contribution >= 4 is 40.5 Å². The summed E-state index contributed by atoms with van der Waals surface area (Å²) in [6, 6.07) is 13.5. The maximum Gasteiger partial charge on any atom is 0.322 e. The van der Waals surface area contributed by atoms with Crippen molar-refractivity contribution in [2.45, 2.75) is 10.9 Å². The Bertz CT molecular complexity index is 770. The van der Waals surface area contributed by atoms with E-state index in [2.05, 4.69) is 4.72 Å². The first kappa shape index (κ1) is 19.0. The molecule has 0 amide bonds. The SMILES string of the molecule is O=C(SCC(NSc1ccccc1[N+](=O)[O-])C(=O)O)c1ccccc1. The standard InChI is InChI=1S/C16H14N2O5S2/c19-15(20)12(10-24-16(21)11-6-2-1-3-7-11)17-25-14-9-5-4-8-13(14)18(22)23/h1-9,12,17H,10H2,(H,19,20). The molecule has 0 aliphatic heterocycles. The number of hydrogen-bond acceptors (Lipinski definition) is 7. The first-order chi connectivity index (χ1) is 12.0. The van der Waals surface area contributed by atoms with E-state index in [9.17, 15) is 24.8 Å². The molecule has 0 aromatic heterocycles. The van der Waals surface area contributed by atoms with Crippen LogP contribution in [-0.4, -0.2) is 32.9 Å². The van der Waals surface area contributed by atoms with Crippen LogP contribution in [0.1, 0.15) is 10.4 Å². The van der Waals surface area contributed by atoms with Crippen LogP contribution in [0.25, 0.3) is 0 Å². The number of para-hydroxylation sites is 1. The molecule has 0 saturated carbocycles. The summed E-state index contributed by atoms with van der Waals surface area (Å²) >= 11 is 1.74. The first-order valence-corrected chi connectivity index (χ1v) is 8.90. The van der Waals surface area contributed by atoms with Gasteiger partial charge in [0.15, 0.2) is 0 Å². The van der Waals surface area contributed by atoms with Crippen molar-refractivity contribution in [3.05, 3.63) is 70.3 Å². The normalized spacial score (nSPS) is 11.7. The van der Waals surface area contributed by atoms with Gasteiger partial charge in [-0.3, -0.25) is 19.7 Å². The quantitative estimate of drug-likeness (QED) is 0.409. The lowest BCUT2D eigenvalue weighted by Gasteiger charge is -2.13. The molecule has 2 aromatic carbocycles. The van der Waals surface area contributed by atoms with Gasteiger partial charge < -0.3 is 5.11 Å². The number of thioether (sulfide) groups is 1. The molecule has 1 unspecified atom stereocenters. The fourth-order valence-electron chi connectivity index (χ4n) is 1.80. The smallest absolute Gasteiger partial charge is 0.322 e. The average Bonchev–Trinajstić information content (AvgIpc) is 2.62. The van der Waals surface area contributed by atoms with Crippen LogP contribution < -0.4 is 4.72 Å². The topological polar surface area (TPSA) is 110 Å². The van der Waals surface area contributed by atoms with Gasteiger partial charge in [0.05, 0.1) is 4.92 Å². The van der Waals surface area contributed by atoms with Gasteiger partial charge in [0.2, 0.25) is 5.12 Å². The molecule has 0 bridgehead atoms. The summed E-state index contributed by atoms with van der Waals surface area (Å²) in [5.41, 5.74) is 0.375. The molecule has 0 fully saturated rings. The van der Waals surface area contributed by atoms with Crippen LogP contribution in [-0.2, 0) is 4.79 Å². The Morgan fingerprint density at radius 1 is 1.12 bits per heavy atom. The molecule has 0 saturated heterocycles. The monoisotopic (exact) mass is 378 g/mol. The van der Waals surface area contributed by atoms with E-state index >= 15 is 0 Å². The Labute approximate surface area is 152 Å². The predicted molar refractivity (Wildman–Crippen MR) is 96.7 cm³/mol. The number of aliphatic carboxylic acids is 1. The fraction of sp³-hybridized carbons (Fsp3) is 0.125. The van der Waals surface area contributed by atoms with Gasteiger partial charge in [0.25, 0.3) is 5.69 Å². The van der Waals surface area contributed by atoms with Crippen molar-refractivity contribution in [1.82, 2.24) is 4.72 Å². The lowest BCUT2D eigenvalue weighted by atomic mass is 10.2. The van der Waals surface area contributed by atoms with Crippen molar-refractivity contribution in [3.8, 4) is 0 Å². The molecule has 0 radical (unpaired) electrons. The number of carboxylic acids is 1. The molecule has 9 heteroatoms. The van der Waals surface area contributed by atoms with Crippen molar-refractivity contribution in [1.29, 1.82) is 0 Å². The first-order valence-electron chi connectivity index (χ1n) is 7.10. The Morgan fingerprint density at radius 2 is 1.76 bits per heavy atom. The van der Waals surface area contributed by atoms with Gasteiger partial charge in [-0.1, -0.05) is 54.2 Å². The lowest BCUT2D eigenvalue weighted by molar-refractivity contribution is -0.387. The van der Waals surface area contributed by atoms with E-state index < -0.39 is 16.9 Å². The number of nitrogens with zero attached hydrogens (tertiary/aromatic N) is 1. The minimum absolute atomic E-state index is 0.00328. The van der Waals surface area contributed by atoms with E-state index in [4.69, 9.17) is 0 Å². The molecule has 7 nitrogen and oxygen atoms in total. The molecule has 2 rings (SSSR count). The molecule has 2 aromatic rings. The summed E-state index contributed by atoms with van der Waals surface area (Å²) in [5.74, 6) is -1.14. The maximum atomic E-state index is 12.0. The zero-order valence-electron chi connectivity index (χ0n) is 12.8. The van der Waals surface area contributed by atoms with Crippen molar-refractivity contribution in [3.63, 3.8) is 0 Å². The Kier molecular flexibility index (Phi) is 6.99. The van der Waals surface area contributed by atoms with E-state index in [1.54, 1.807) is 36.4 Å². The predicted octanol–water partition coefficient (Wildman–Crippen LogP) is 3.22. The number of nitro groups is 1. The third-order valence-electron chi connectivity index (χ3n) is 3.06. The van der Waals surface area contributed by atoms with Gasteiger partial charge in [0, 0.05) is 17.4 Å². The highest BCUT2D eigenvalue weighted by Crippen LogP contribution is 2.27. The zero-order valence-corrected chi connectivity index (χ0v) is 14.5. The van der Waals surface area contributed by atoms with Gasteiger partial charge in [-0.25, -0.2) is 4.72 Å². The van der Waals surface area contributed by atoms with E-state index in [0.717, 1.165) is 23.7 Å². The highest BCUT2D eigenvalue weighted by atomic mass is 32.2. The van der Waals surface area contributed by atoms with Crippen LogP contribution in [0.2, 0.25) is 0 Å². The average molecular weight is 378 g/mol. The summed E-state index contributed by atoms with van der Waals surface area (Å²) in [6.07, 6.45) is 0. The van der Waals surface area contributed by atoms with E-state index in [1.807, 2.05) is 0 Å². The number of benzene rings is 2. The number of nitrogens with one attached hydrogen (secondary N) is 1. The van der Waals surface area contributed by atoms with Crippen LogP contribution in [0.4, 0.5) is 5.69 Å². The summed E-state index contributed by atoms with van der Waals surface area (Å²) in [4.78, 5) is 34.1. The van der Waals surface area contributed by atoms with Crippen LogP contribution >= 0.6 is 23.7 Å². The number of nitro benzene ring substituents is 1. The van der Waals surface area contributed by atoms with Gasteiger partial charge >= 0.3 is 5.97 Å². The van der Waals surface area contributed by atoms with Gasteiger partial charge in [-0.2, -0.15) is 0 Å². The molecular formula is C16H14N2O5S2. The molecule has 2 N–H and O–H groups in total. The van der Waals surface area contributed by atoms with E-state index in [0.29, 0.717) is 10.5 Å². The molecular weight excluding hydrogens is 364 g/mol. The summed E-state index contributed by atoms with van der Waals surface area (Å²) in [5, 5.41) is 20.0. The number of carbonyl (C=O) groups excluding carboxylic acids is 1. The Hall–Kier alpha value is -2.36. The molecule has 130 valence electrons. The van der Waals surface area contributed by atoms with Crippen LogP contribution in [0.5, 0.6) is 0 Å². The van der Waals surface area contributed by atoms with Gasteiger partial charge in [-0.15, -0.1) is 0 Å². The second kappa shape index (κ2) is 9.21. The van der Waals surface area contributed by atoms with Crippen molar-refractivity contribution in [2.75, 3.05) is 5.75 Å². The Morgan fingerprint density at radius 3 is 2.40 bits per heavy atom. The molecule has 0 spiro atoms. The van der Waals surface area contributed by atoms with Crippen molar-refractivity contribution < 1.29 is 19.6 Å². The molecule has 0 heterocycles. The minimum Gasteiger partial charge on any atom is -0.480 e. The summed E-state index contributed by atoms with van der Waals surface area (Å²) < 4.78 is 2.68. The largest absolute Gasteiger partial charge is 0.480 e. The highest BCUT2D eigenvalue weighted by molar-refractivity contribution is 8.14. The number of rotatable bonds is 8. The molecule has 25 heavy (non-hydrogen) atoms. The van der Waals surface area contributed by atoms with E-state index in [-0.39, 0.29) is 16.6 Å². The van der Waals surface area contributed by atoms with E-state index in [1.165, 1.54) is 18.2 Å². The summed E-state index contributed by atoms with van der Waals surface area (Å²) in [7, 11) is 0. The zero-order chi connectivity index (χ0) is 18.2. The van der Waals surface area contributed by atoms with Gasteiger partial charge in [0.1, 0.15) is 10.9 Å². The molecule has 1 atom stereocenters. The van der Waals surface area contributed by atoms with Crippen LogP contribution in [0.15, 0.2) is 59.5 Å². The fourth-order valence-corrected chi connectivity index (χ4v) is 3.60. The minimum atomic E-state index is -1.14. The second-order valence-electron chi connectivity index (χ2n) is 4.80. The molecule has 0 aliphatic rings. The third-order valence-corrected chi connectivity index (χ3v) is 5.03. The Balaban J connectivity index is 1.97. The number of carbonyl (C=O) groups is 2. The number of carboxylic acid groups (broad SMARTS) is 1. The third kappa shape index (κ3) is 5.59. The van der Waals surface area contributed by atoms with Gasteiger partial charge in [-0.05, 0) is 18.0 Å². The second-order valence-corrected chi connectivity index (χ2v) is 6.67. The lowest BCUT2D eigenvalue weighted by Crippen LogP contribution is -2.35.